The normalized spacial score (nSPS) is 18.0. The summed E-state index contributed by atoms with van der Waals surface area (Å²) < 4.78 is 5.56. The van der Waals surface area contributed by atoms with Gasteiger partial charge in [-0.3, -0.25) is 24.1 Å². The molecule has 222 valence electrons. The molecule has 5 heterocycles. The van der Waals surface area contributed by atoms with Crippen molar-refractivity contribution < 1.29 is 38.8 Å². The summed E-state index contributed by atoms with van der Waals surface area (Å²) in [6, 6.07) is 3.13. The predicted molar refractivity (Wildman–Crippen MR) is 151 cm³/mol. The van der Waals surface area contributed by atoms with Crippen molar-refractivity contribution in [3.05, 3.63) is 69.8 Å². The summed E-state index contributed by atoms with van der Waals surface area (Å²) in [4.78, 5) is 74.8. The number of aliphatic carboxylic acids is 1. The maximum atomic E-state index is 13.1. The summed E-state index contributed by atoms with van der Waals surface area (Å²) in [5.41, 5.74) is 5.06. The van der Waals surface area contributed by atoms with E-state index in [-0.39, 0.29) is 40.4 Å². The number of amides is 3. The Bertz CT molecular complexity index is 1770. The van der Waals surface area contributed by atoms with Gasteiger partial charge in [0.15, 0.2) is 29.8 Å². The number of H-pyrrole nitrogens is 1. The summed E-state index contributed by atoms with van der Waals surface area (Å²) in [5, 5.41) is 27.6. The number of nitrogen functional groups attached to an aromatic ring is 1. The highest BCUT2D eigenvalue weighted by atomic mass is 32.2. The summed E-state index contributed by atoms with van der Waals surface area (Å²) in [7, 11) is 1.22. The van der Waals surface area contributed by atoms with Crippen LogP contribution in [0.1, 0.15) is 16.3 Å². The van der Waals surface area contributed by atoms with Crippen LogP contribution < -0.4 is 26.4 Å². The van der Waals surface area contributed by atoms with Crippen molar-refractivity contribution >= 4 is 63.5 Å². The molecule has 2 aliphatic heterocycles. The van der Waals surface area contributed by atoms with Crippen LogP contribution in [0.15, 0.2) is 58.0 Å². The lowest BCUT2D eigenvalue weighted by molar-refractivity contribution is -0.688. The standard InChI is InChI=1S/C24H21N9O8S2/c1-41-30-15(18-29-24(25)43-31-18)20(37)28-16-21(38)33-17(23(39)40)10(9-42-22(16)33)7-32-4-2-3-11(8-32)27-19(36)12-5-13(34)14(35)6-26-12/h2-6,8,16,22H,7,9H2,1H3,(H6-,25,26,27,28,29,30,31,34,35,36,37,39,40)/p+1/t16-,22+/m1/s1. The van der Waals surface area contributed by atoms with Crippen molar-refractivity contribution in [1.82, 2.24) is 24.6 Å². The van der Waals surface area contributed by atoms with Gasteiger partial charge < -0.3 is 36.4 Å². The average Bonchev–Trinajstić information content (AvgIpc) is 3.41. The lowest BCUT2D eigenvalue weighted by Crippen LogP contribution is -2.71. The van der Waals surface area contributed by atoms with Crippen LogP contribution in [0, 0.1) is 0 Å². The van der Waals surface area contributed by atoms with Crippen LogP contribution in [0.25, 0.3) is 0 Å². The summed E-state index contributed by atoms with van der Waals surface area (Å²) in [5.74, 6) is -3.76. The van der Waals surface area contributed by atoms with Crippen LogP contribution in [0.5, 0.6) is 5.75 Å². The molecule has 0 radical (unpaired) electrons. The second-order valence-corrected chi connectivity index (χ2v) is 10.9. The van der Waals surface area contributed by atoms with Gasteiger partial charge in [0.25, 0.3) is 17.7 Å². The van der Waals surface area contributed by atoms with E-state index >= 15 is 0 Å². The van der Waals surface area contributed by atoms with E-state index in [9.17, 15) is 34.2 Å². The molecule has 2 atom stereocenters. The topological polar surface area (TPSA) is 246 Å². The number of anilines is 2. The number of thioether (sulfide) groups is 1. The minimum Gasteiger partial charge on any atom is -0.503 e. The zero-order valence-corrected chi connectivity index (χ0v) is 23.6. The molecule has 7 N–H and O–H groups in total. The Kier molecular flexibility index (Phi) is 8.08. The zero-order valence-electron chi connectivity index (χ0n) is 22.0. The smallest absolute Gasteiger partial charge is 0.352 e. The zero-order chi connectivity index (χ0) is 30.8. The van der Waals surface area contributed by atoms with E-state index in [0.29, 0.717) is 11.3 Å². The number of nitrogens with zero attached hydrogens (tertiary/aromatic N) is 5. The Morgan fingerprint density at radius 3 is 2.81 bits per heavy atom. The lowest BCUT2D eigenvalue weighted by Gasteiger charge is -2.49. The Labute approximate surface area is 249 Å². The number of rotatable bonds is 9. The number of oxime groups is 1. The van der Waals surface area contributed by atoms with Crippen molar-refractivity contribution in [2.45, 2.75) is 18.0 Å². The number of nitrogens with two attached hydrogens (primary N) is 1. The van der Waals surface area contributed by atoms with E-state index in [1.54, 1.807) is 29.1 Å². The van der Waals surface area contributed by atoms with E-state index < -0.39 is 46.3 Å². The van der Waals surface area contributed by atoms with Gasteiger partial charge in [-0.1, -0.05) is 5.16 Å². The van der Waals surface area contributed by atoms with Gasteiger partial charge in [-0.25, -0.2) is 4.79 Å². The van der Waals surface area contributed by atoms with Gasteiger partial charge in [-0.15, -0.1) is 11.8 Å². The van der Waals surface area contributed by atoms with E-state index in [1.165, 1.54) is 18.9 Å². The van der Waals surface area contributed by atoms with Gasteiger partial charge in [0.1, 0.15) is 35.6 Å². The number of nitrogens with one attached hydrogen (secondary N) is 3. The molecule has 3 aromatic heterocycles. The van der Waals surface area contributed by atoms with Gasteiger partial charge in [-0.2, -0.15) is 13.9 Å². The molecular formula is C24H22N9O8S2+. The van der Waals surface area contributed by atoms with Crippen LogP contribution in [0.4, 0.5) is 10.8 Å². The van der Waals surface area contributed by atoms with E-state index in [1.807, 2.05) is 0 Å². The van der Waals surface area contributed by atoms with Gasteiger partial charge in [-0.05, 0) is 6.07 Å². The third-order valence-corrected chi connectivity index (χ3v) is 8.10. The molecule has 0 spiro atoms. The fraction of sp³-hybridized carbons (Fsp3) is 0.208. The maximum Gasteiger partial charge on any atom is 0.352 e. The fourth-order valence-corrected chi connectivity index (χ4v) is 6.10. The first-order chi connectivity index (χ1) is 20.6. The van der Waals surface area contributed by atoms with Gasteiger partial charge >= 0.3 is 5.97 Å². The van der Waals surface area contributed by atoms with Crippen LogP contribution >= 0.6 is 23.3 Å². The van der Waals surface area contributed by atoms with Crippen molar-refractivity contribution in [1.29, 1.82) is 0 Å². The molecule has 0 aliphatic carbocycles. The molecule has 3 aromatic rings. The Hall–Kier alpha value is -5.30. The van der Waals surface area contributed by atoms with Gasteiger partial charge in [0, 0.05) is 41.2 Å². The molecule has 0 aromatic carbocycles. The van der Waals surface area contributed by atoms with Crippen LogP contribution in [0.3, 0.4) is 0 Å². The number of fused-ring (bicyclic) bond motifs is 1. The number of hydrogen-bond acceptors (Lipinski definition) is 13. The molecule has 17 nitrogen and oxygen atoms in total. The number of hydrogen-bond donors (Lipinski definition) is 6. The average molecular weight is 629 g/mol. The van der Waals surface area contributed by atoms with E-state index in [4.69, 9.17) is 10.6 Å². The second kappa shape index (κ2) is 11.9. The molecule has 19 heteroatoms. The molecule has 3 amide bonds. The monoisotopic (exact) mass is 628 g/mol. The minimum atomic E-state index is -1.32. The molecule has 0 saturated carbocycles. The first-order valence-electron chi connectivity index (χ1n) is 12.2. The van der Waals surface area contributed by atoms with Crippen molar-refractivity contribution in [2.24, 2.45) is 5.16 Å². The predicted octanol–water partition coefficient (Wildman–Crippen LogP) is -1.16. The quantitative estimate of drug-likeness (QED) is 0.0711. The number of β-lactam (4-membered cyclic amide) rings is 1. The van der Waals surface area contributed by atoms with E-state index in [0.717, 1.165) is 28.7 Å². The number of aromatic amines is 1. The summed E-state index contributed by atoms with van der Waals surface area (Å²) >= 11 is 2.11. The summed E-state index contributed by atoms with van der Waals surface area (Å²) in [6.45, 7) is 0.0729. The molecular weight excluding hydrogens is 606 g/mol. The minimum absolute atomic E-state index is 0.0729. The molecule has 2 aliphatic rings. The fourth-order valence-electron chi connectivity index (χ4n) is 4.33. The Morgan fingerprint density at radius 1 is 1.35 bits per heavy atom. The molecule has 1 fully saturated rings. The molecule has 43 heavy (non-hydrogen) atoms. The first-order valence-corrected chi connectivity index (χ1v) is 14.0. The molecule has 5 rings (SSSR count). The van der Waals surface area contributed by atoms with Gasteiger partial charge in [0.05, 0.1) is 0 Å². The number of pyridine rings is 2. The molecule has 1 saturated heterocycles. The first kappa shape index (κ1) is 29.2. The van der Waals surface area contributed by atoms with Crippen LogP contribution in [-0.4, -0.2) is 83.1 Å². The van der Waals surface area contributed by atoms with Gasteiger partial charge in [0.2, 0.25) is 17.0 Å². The molecule has 0 unspecified atom stereocenters. The van der Waals surface area contributed by atoms with Crippen molar-refractivity contribution in [3.8, 4) is 5.75 Å². The lowest BCUT2D eigenvalue weighted by atomic mass is 10.0. The number of aromatic nitrogens is 4. The number of carboxylic acid groups (broad SMARTS) is 1. The number of carbonyl (C=O) groups excluding carboxylic acids is 3. The van der Waals surface area contributed by atoms with Crippen LogP contribution in [0.2, 0.25) is 0 Å². The third-order valence-electron chi connectivity index (χ3n) is 6.21. The third kappa shape index (κ3) is 5.88. The Morgan fingerprint density at radius 2 is 2.14 bits per heavy atom. The highest BCUT2D eigenvalue weighted by molar-refractivity contribution is 8.00. The number of aromatic hydroxyl groups is 1. The largest absolute Gasteiger partial charge is 0.503 e. The SMILES string of the molecule is CON=C(C(=O)N[C@@H]1C(=O)N2C(C(=O)O)=C(C[n+]3cccc(NC(=O)c4cc(=O)c(O)c[nH]4)c3)CS[C@@H]12)c1nsc(N)n1. The maximum absolute atomic E-state index is 13.1. The van der Waals surface area contributed by atoms with Crippen molar-refractivity contribution in [3.63, 3.8) is 0 Å². The van der Waals surface area contributed by atoms with E-state index in [2.05, 4.69) is 30.1 Å². The summed E-state index contributed by atoms with van der Waals surface area (Å²) in [6.07, 6.45) is 4.21. The number of carbonyl (C=O) groups is 4. The van der Waals surface area contributed by atoms with Crippen LogP contribution in [-0.2, 0) is 25.8 Å². The second-order valence-electron chi connectivity index (χ2n) is 9.01. The highest BCUT2D eigenvalue weighted by Crippen LogP contribution is 2.40. The van der Waals surface area contributed by atoms with Crippen molar-refractivity contribution in [2.75, 3.05) is 23.9 Å². The highest BCUT2D eigenvalue weighted by Gasteiger charge is 2.55. The molecule has 0 bridgehead atoms. The number of carboxylic acids is 1. The Balaban J connectivity index is 1.31.